The maximum atomic E-state index is 6.34. The quantitative estimate of drug-likeness (QED) is 0.282. The molecule has 4 N–H and O–H groups in total. The summed E-state index contributed by atoms with van der Waals surface area (Å²) in [4.78, 5) is 0. The van der Waals surface area contributed by atoms with Crippen LogP contribution in [0.1, 0.15) is 6.92 Å². The second kappa shape index (κ2) is 4.42. The molecule has 0 radical (unpaired) electrons. The minimum absolute atomic E-state index is 0.0871. The molecule has 46 valence electrons. The molecule has 0 amide bonds. The van der Waals surface area contributed by atoms with E-state index in [0.717, 1.165) is 0 Å². The molecular formula is C4H10N4. The summed E-state index contributed by atoms with van der Waals surface area (Å²) in [5.74, 6) is 5.01. The van der Waals surface area contributed by atoms with Gasteiger partial charge in [-0.1, -0.05) is 0 Å². The summed E-state index contributed by atoms with van der Waals surface area (Å²) >= 11 is 0. The molecule has 4 nitrogen and oxygen atoms in total. The highest BCUT2D eigenvalue weighted by Crippen LogP contribution is 1.80. The van der Waals surface area contributed by atoms with Crippen LogP contribution in [0.2, 0.25) is 0 Å². The SMILES string of the molecule is CC(C=CN=N)NN. The third-order valence-corrected chi connectivity index (χ3v) is 0.712. The lowest BCUT2D eigenvalue weighted by molar-refractivity contribution is 0.667. The Bertz CT molecular complexity index is 88.0. The van der Waals surface area contributed by atoms with Gasteiger partial charge in [0.15, 0.2) is 0 Å². The van der Waals surface area contributed by atoms with Crippen molar-refractivity contribution in [3.05, 3.63) is 12.3 Å². The third kappa shape index (κ3) is 3.45. The fourth-order valence-electron chi connectivity index (χ4n) is 0.228. The first-order valence-corrected chi connectivity index (χ1v) is 2.30. The molecular weight excluding hydrogens is 104 g/mol. The van der Waals surface area contributed by atoms with Crippen molar-refractivity contribution in [3.8, 4) is 0 Å². The van der Waals surface area contributed by atoms with Gasteiger partial charge in [0, 0.05) is 12.2 Å². The molecule has 0 aromatic rings. The van der Waals surface area contributed by atoms with E-state index in [-0.39, 0.29) is 6.04 Å². The van der Waals surface area contributed by atoms with Gasteiger partial charge in [0.25, 0.3) is 0 Å². The average Bonchev–Trinajstić information content (AvgIpc) is 1.83. The number of rotatable bonds is 3. The molecule has 8 heavy (non-hydrogen) atoms. The van der Waals surface area contributed by atoms with Gasteiger partial charge in [-0.15, -0.1) is 0 Å². The van der Waals surface area contributed by atoms with Gasteiger partial charge in [0.1, 0.15) is 0 Å². The van der Waals surface area contributed by atoms with Gasteiger partial charge in [0.05, 0.1) is 0 Å². The molecule has 1 unspecified atom stereocenters. The van der Waals surface area contributed by atoms with Crippen LogP contribution in [0.25, 0.3) is 0 Å². The summed E-state index contributed by atoms with van der Waals surface area (Å²) in [5.41, 5.74) is 8.81. The number of hydrazine groups is 1. The van der Waals surface area contributed by atoms with E-state index in [1.54, 1.807) is 6.08 Å². The zero-order chi connectivity index (χ0) is 6.41. The Hall–Kier alpha value is -0.740. The van der Waals surface area contributed by atoms with Crippen LogP contribution < -0.4 is 11.3 Å². The van der Waals surface area contributed by atoms with Crippen LogP contribution in [-0.2, 0) is 0 Å². The standard InChI is InChI=1S/C4H10N4/c1-4(8-6)2-3-7-5/h2-5,8H,6H2,1H3. The van der Waals surface area contributed by atoms with E-state index in [9.17, 15) is 0 Å². The number of hydrogen-bond acceptors (Lipinski definition) is 4. The Morgan fingerprint density at radius 3 is 2.88 bits per heavy atom. The maximum absolute atomic E-state index is 6.34. The van der Waals surface area contributed by atoms with Gasteiger partial charge in [0.2, 0.25) is 0 Å². The molecule has 0 spiro atoms. The normalized spacial score (nSPS) is 14.2. The van der Waals surface area contributed by atoms with Gasteiger partial charge in [-0.05, 0) is 13.0 Å². The van der Waals surface area contributed by atoms with Crippen LogP contribution in [-0.4, -0.2) is 6.04 Å². The lowest BCUT2D eigenvalue weighted by Gasteiger charge is -1.98. The number of nitrogens with two attached hydrogens (primary N) is 1. The van der Waals surface area contributed by atoms with E-state index >= 15 is 0 Å². The molecule has 0 saturated heterocycles. The first-order valence-electron chi connectivity index (χ1n) is 2.30. The molecule has 4 heteroatoms. The first-order chi connectivity index (χ1) is 3.81. The molecule has 0 aromatic carbocycles. The van der Waals surface area contributed by atoms with Crippen LogP contribution in [0.4, 0.5) is 0 Å². The smallest absolute Gasteiger partial charge is 0.0464 e. The molecule has 0 fully saturated rings. The Morgan fingerprint density at radius 2 is 2.50 bits per heavy atom. The van der Waals surface area contributed by atoms with Gasteiger partial charge in [-0.25, -0.2) is 5.53 Å². The van der Waals surface area contributed by atoms with Crippen molar-refractivity contribution < 1.29 is 0 Å². The summed E-state index contributed by atoms with van der Waals surface area (Å²) in [6, 6.07) is 0.0871. The molecule has 0 saturated carbocycles. The molecule has 0 aliphatic carbocycles. The summed E-state index contributed by atoms with van der Waals surface area (Å²) in [7, 11) is 0. The van der Waals surface area contributed by atoms with Crippen LogP contribution in [0.15, 0.2) is 17.4 Å². The summed E-state index contributed by atoms with van der Waals surface area (Å²) < 4.78 is 0. The molecule has 0 aliphatic rings. The molecule has 0 aromatic heterocycles. The highest BCUT2D eigenvalue weighted by molar-refractivity contribution is 4.86. The van der Waals surface area contributed by atoms with E-state index in [4.69, 9.17) is 11.4 Å². The van der Waals surface area contributed by atoms with E-state index in [1.165, 1.54) is 6.20 Å². The van der Waals surface area contributed by atoms with E-state index in [0.29, 0.717) is 0 Å². The van der Waals surface area contributed by atoms with Crippen molar-refractivity contribution in [1.29, 1.82) is 5.53 Å². The van der Waals surface area contributed by atoms with Crippen LogP contribution in [0.5, 0.6) is 0 Å². The van der Waals surface area contributed by atoms with Gasteiger partial charge < -0.3 is 0 Å². The maximum Gasteiger partial charge on any atom is 0.0464 e. The second-order valence-electron chi connectivity index (χ2n) is 1.43. The molecule has 0 bridgehead atoms. The van der Waals surface area contributed by atoms with Crippen molar-refractivity contribution in [1.82, 2.24) is 5.43 Å². The molecule has 1 atom stereocenters. The van der Waals surface area contributed by atoms with Crippen molar-refractivity contribution in [2.24, 2.45) is 11.0 Å². The van der Waals surface area contributed by atoms with Crippen molar-refractivity contribution >= 4 is 0 Å². The summed E-state index contributed by atoms with van der Waals surface area (Å²) in [5, 5.41) is 3.00. The Balaban J connectivity index is 3.35. The largest absolute Gasteiger partial charge is 0.271 e. The number of hydrogen-bond donors (Lipinski definition) is 3. The monoisotopic (exact) mass is 114 g/mol. The fraction of sp³-hybridized carbons (Fsp3) is 0.500. The van der Waals surface area contributed by atoms with Crippen LogP contribution >= 0.6 is 0 Å². The minimum atomic E-state index is 0.0871. The minimum Gasteiger partial charge on any atom is -0.271 e. The van der Waals surface area contributed by atoms with Crippen molar-refractivity contribution in [2.75, 3.05) is 0 Å². The summed E-state index contributed by atoms with van der Waals surface area (Å²) in [6.07, 6.45) is 3.07. The number of nitrogens with one attached hydrogen (secondary N) is 2. The van der Waals surface area contributed by atoms with E-state index in [1.807, 2.05) is 6.92 Å². The highest BCUT2D eigenvalue weighted by Gasteiger charge is 1.85. The Kier molecular flexibility index (Phi) is 4.01. The number of nitrogens with zero attached hydrogens (tertiary/aromatic N) is 1. The Morgan fingerprint density at radius 1 is 1.88 bits per heavy atom. The highest BCUT2D eigenvalue weighted by atomic mass is 15.2. The molecule has 0 heterocycles. The first kappa shape index (κ1) is 7.26. The third-order valence-electron chi connectivity index (χ3n) is 0.712. The second-order valence-corrected chi connectivity index (χ2v) is 1.43. The molecule has 0 rings (SSSR count). The Labute approximate surface area is 48.2 Å². The lowest BCUT2D eigenvalue weighted by atomic mass is 10.3. The fourth-order valence-corrected chi connectivity index (χ4v) is 0.228. The predicted molar refractivity (Wildman–Crippen MR) is 31.1 cm³/mol. The van der Waals surface area contributed by atoms with Gasteiger partial charge in [-0.2, -0.15) is 5.11 Å². The molecule has 0 aliphatic heterocycles. The zero-order valence-corrected chi connectivity index (χ0v) is 4.76. The predicted octanol–water partition coefficient (Wildman–Crippen LogP) is 0.383. The summed E-state index contributed by atoms with van der Waals surface area (Å²) in [6.45, 7) is 1.86. The van der Waals surface area contributed by atoms with Crippen LogP contribution in [0, 0.1) is 5.53 Å². The average molecular weight is 114 g/mol. The van der Waals surface area contributed by atoms with Crippen LogP contribution in [0.3, 0.4) is 0 Å². The van der Waals surface area contributed by atoms with Gasteiger partial charge >= 0.3 is 0 Å². The zero-order valence-electron chi connectivity index (χ0n) is 4.76. The topological polar surface area (TPSA) is 74.3 Å². The van der Waals surface area contributed by atoms with Crippen molar-refractivity contribution in [2.45, 2.75) is 13.0 Å². The van der Waals surface area contributed by atoms with E-state index in [2.05, 4.69) is 10.5 Å². The van der Waals surface area contributed by atoms with Gasteiger partial charge in [-0.3, -0.25) is 11.3 Å². The lowest BCUT2D eigenvalue weighted by Crippen LogP contribution is -2.30. The van der Waals surface area contributed by atoms with E-state index < -0.39 is 0 Å². The van der Waals surface area contributed by atoms with Crippen molar-refractivity contribution in [3.63, 3.8) is 0 Å².